The predicted molar refractivity (Wildman–Crippen MR) is 196 cm³/mol. The summed E-state index contributed by atoms with van der Waals surface area (Å²) >= 11 is 9.60. The molecule has 8 nitrogen and oxygen atoms in total. The number of ether oxygens (including phenoxy) is 4. The van der Waals surface area contributed by atoms with E-state index in [2.05, 4.69) is 22.6 Å². The van der Waals surface area contributed by atoms with Crippen molar-refractivity contribution in [3.63, 3.8) is 0 Å². The Hall–Kier alpha value is -4.39. The molecule has 0 spiro atoms. The number of thiazole rings is 1. The number of esters is 1. The van der Waals surface area contributed by atoms with E-state index in [1.54, 1.807) is 43.9 Å². The molecule has 0 N–H and O–H groups in total. The third kappa shape index (κ3) is 6.92. The SMILES string of the molecule is CCOC(=O)C1=C(c2ccccc2)N=c2s/c(=C\c3cc(I)c(OCc4cccc(Cl)c4)c(OC)c3)c(=O)n2[C@@H]1c1ccc(OC)cc1. The van der Waals surface area contributed by atoms with Crippen molar-refractivity contribution in [2.24, 2.45) is 4.99 Å². The highest BCUT2D eigenvalue weighted by Crippen LogP contribution is 2.37. The van der Waals surface area contributed by atoms with Crippen molar-refractivity contribution >= 4 is 63.3 Å². The smallest absolute Gasteiger partial charge is 0.338 e. The summed E-state index contributed by atoms with van der Waals surface area (Å²) in [5.41, 5.74) is 3.57. The normalized spacial score (nSPS) is 14.3. The molecule has 4 aromatic carbocycles. The van der Waals surface area contributed by atoms with E-state index in [0.717, 1.165) is 20.3 Å². The first-order valence-electron chi connectivity index (χ1n) is 15.0. The third-order valence-electron chi connectivity index (χ3n) is 7.63. The maximum Gasteiger partial charge on any atom is 0.338 e. The molecule has 0 radical (unpaired) electrons. The van der Waals surface area contributed by atoms with Crippen molar-refractivity contribution in [3.05, 3.63) is 147 Å². The number of carbonyl (C=O) groups is 1. The van der Waals surface area contributed by atoms with Gasteiger partial charge >= 0.3 is 5.97 Å². The van der Waals surface area contributed by atoms with E-state index >= 15 is 0 Å². The molecule has 0 aliphatic carbocycles. The van der Waals surface area contributed by atoms with Crippen molar-refractivity contribution in [1.29, 1.82) is 0 Å². The van der Waals surface area contributed by atoms with Gasteiger partial charge in [-0.15, -0.1) is 0 Å². The van der Waals surface area contributed by atoms with E-state index in [-0.39, 0.29) is 17.7 Å². The second-order valence-corrected chi connectivity index (χ2v) is 13.3. The first-order chi connectivity index (χ1) is 23.3. The number of hydrogen-bond acceptors (Lipinski definition) is 8. The fourth-order valence-corrected chi connectivity index (χ4v) is 7.43. The molecule has 5 aromatic rings. The Bertz CT molecular complexity index is 2200. The number of halogens is 2. The zero-order valence-corrected chi connectivity index (χ0v) is 30.0. The molecule has 244 valence electrons. The summed E-state index contributed by atoms with van der Waals surface area (Å²) in [5, 5.41) is 0.633. The Balaban J connectivity index is 1.49. The highest BCUT2D eigenvalue weighted by molar-refractivity contribution is 14.1. The van der Waals surface area contributed by atoms with Crippen LogP contribution in [-0.2, 0) is 16.1 Å². The molecule has 2 heterocycles. The van der Waals surface area contributed by atoms with Gasteiger partial charge in [-0.1, -0.05) is 77.5 Å². The quantitative estimate of drug-likeness (QED) is 0.114. The van der Waals surface area contributed by atoms with E-state index in [1.807, 2.05) is 78.9 Å². The molecule has 1 aliphatic heterocycles. The van der Waals surface area contributed by atoms with Crippen LogP contribution in [0.2, 0.25) is 5.02 Å². The lowest BCUT2D eigenvalue weighted by Gasteiger charge is -2.26. The lowest BCUT2D eigenvalue weighted by molar-refractivity contribution is -0.138. The van der Waals surface area contributed by atoms with E-state index in [4.69, 9.17) is 35.5 Å². The topological polar surface area (TPSA) is 88.4 Å². The molecular formula is C37H30ClIN2O6S. The van der Waals surface area contributed by atoms with Gasteiger partial charge in [0.05, 0.1) is 46.2 Å². The standard InChI is InChI=1S/C37H30ClIN2O6S/c1-4-46-36(43)31-32(24-10-6-5-7-11-24)40-37-41(33(31)25-13-15-27(44-2)16-14-25)35(42)30(48-37)20-23-18-28(39)34(29(19-23)45-3)47-21-22-9-8-12-26(38)17-22/h5-20,33H,4,21H2,1-3H3/b30-20-/t33-/m1/s1. The van der Waals surface area contributed by atoms with Crippen LogP contribution in [0.1, 0.15) is 35.2 Å². The van der Waals surface area contributed by atoms with Crippen LogP contribution >= 0.6 is 45.5 Å². The number of rotatable bonds is 10. The second kappa shape index (κ2) is 14.8. The second-order valence-electron chi connectivity index (χ2n) is 10.7. The first kappa shape index (κ1) is 33.5. The van der Waals surface area contributed by atoms with Crippen molar-refractivity contribution in [2.75, 3.05) is 20.8 Å². The van der Waals surface area contributed by atoms with Gasteiger partial charge in [-0.25, -0.2) is 9.79 Å². The zero-order chi connectivity index (χ0) is 33.8. The molecule has 0 saturated carbocycles. The number of fused-ring (bicyclic) bond motifs is 1. The summed E-state index contributed by atoms with van der Waals surface area (Å²) in [6, 6.07) is 27.2. The molecule has 1 aliphatic rings. The molecule has 0 amide bonds. The van der Waals surface area contributed by atoms with Gasteiger partial charge in [0.1, 0.15) is 12.4 Å². The maximum absolute atomic E-state index is 14.3. The number of nitrogens with zero attached hydrogens (tertiary/aromatic N) is 2. The van der Waals surface area contributed by atoms with Crippen molar-refractivity contribution in [3.8, 4) is 17.2 Å². The molecule has 0 fully saturated rings. The minimum absolute atomic E-state index is 0.170. The number of aromatic nitrogens is 1. The molecule has 11 heteroatoms. The molecule has 48 heavy (non-hydrogen) atoms. The number of benzene rings is 4. The molecular weight excluding hydrogens is 763 g/mol. The molecule has 0 bridgehead atoms. The summed E-state index contributed by atoms with van der Waals surface area (Å²) < 4.78 is 25.6. The van der Waals surface area contributed by atoms with Gasteiger partial charge in [-0.2, -0.15) is 0 Å². The van der Waals surface area contributed by atoms with Crippen molar-refractivity contribution < 1.29 is 23.7 Å². The Morgan fingerprint density at radius 2 is 1.77 bits per heavy atom. The number of methoxy groups -OCH3 is 2. The highest BCUT2D eigenvalue weighted by Gasteiger charge is 2.35. The van der Waals surface area contributed by atoms with Gasteiger partial charge < -0.3 is 18.9 Å². The van der Waals surface area contributed by atoms with Gasteiger partial charge in [0.2, 0.25) is 0 Å². The molecule has 1 atom stereocenters. The summed E-state index contributed by atoms with van der Waals surface area (Å²) in [7, 11) is 3.16. The van der Waals surface area contributed by atoms with Gasteiger partial charge in [-0.3, -0.25) is 9.36 Å². The van der Waals surface area contributed by atoms with Gasteiger partial charge in [-0.05, 0) is 88.7 Å². The van der Waals surface area contributed by atoms with E-state index < -0.39 is 12.0 Å². The highest BCUT2D eigenvalue weighted by atomic mass is 127. The summed E-state index contributed by atoms with van der Waals surface area (Å²) in [5.74, 6) is 1.22. The van der Waals surface area contributed by atoms with Crippen LogP contribution in [0.25, 0.3) is 11.8 Å². The van der Waals surface area contributed by atoms with Crippen LogP contribution in [0.4, 0.5) is 0 Å². The van der Waals surface area contributed by atoms with Crippen LogP contribution in [0.15, 0.2) is 106 Å². The Kier molecular flexibility index (Phi) is 10.3. The van der Waals surface area contributed by atoms with Crippen LogP contribution in [0.3, 0.4) is 0 Å². The Morgan fingerprint density at radius 1 is 1.00 bits per heavy atom. The summed E-state index contributed by atoms with van der Waals surface area (Å²) in [6.45, 7) is 2.23. The number of carbonyl (C=O) groups excluding carboxylic acids is 1. The lowest BCUT2D eigenvalue weighted by Crippen LogP contribution is -2.40. The largest absolute Gasteiger partial charge is 0.497 e. The van der Waals surface area contributed by atoms with Gasteiger partial charge in [0, 0.05) is 10.6 Å². The summed E-state index contributed by atoms with van der Waals surface area (Å²) in [6.07, 6.45) is 1.80. The van der Waals surface area contributed by atoms with E-state index in [0.29, 0.717) is 49.5 Å². The monoisotopic (exact) mass is 792 g/mol. The van der Waals surface area contributed by atoms with Crippen LogP contribution in [0, 0.1) is 3.57 Å². The summed E-state index contributed by atoms with van der Waals surface area (Å²) in [4.78, 5) is 33.4. The van der Waals surface area contributed by atoms with Crippen molar-refractivity contribution in [1.82, 2.24) is 4.57 Å². The first-order valence-corrected chi connectivity index (χ1v) is 17.3. The van der Waals surface area contributed by atoms with Crippen LogP contribution in [-0.4, -0.2) is 31.4 Å². The fraction of sp³-hybridized carbons (Fsp3) is 0.162. The van der Waals surface area contributed by atoms with Gasteiger partial charge in [0.15, 0.2) is 16.3 Å². The lowest BCUT2D eigenvalue weighted by atomic mass is 9.93. The average molecular weight is 793 g/mol. The number of hydrogen-bond donors (Lipinski definition) is 0. The minimum Gasteiger partial charge on any atom is -0.497 e. The average Bonchev–Trinajstić information content (AvgIpc) is 3.41. The predicted octanol–water partition coefficient (Wildman–Crippen LogP) is 6.79. The van der Waals surface area contributed by atoms with Crippen LogP contribution in [0.5, 0.6) is 17.2 Å². The van der Waals surface area contributed by atoms with E-state index in [9.17, 15) is 9.59 Å². The molecule has 0 saturated heterocycles. The van der Waals surface area contributed by atoms with Crippen molar-refractivity contribution in [2.45, 2.75) is 19.6 Å². The Labute approximate surface area is 299 Å². The van der Waals surface area contributed by atoms with Gasteiger partial charge in [0.25, 0.3) is 5.56 Å². The molecule has 0 unspecified atom stereocenters. The minimum atomic E-state index is -0.791. The fourth-order valence-electron chi connectivity index (χ4n) is 5.44. The third-order valence-corrected chi connectivity index (χ3v) is 9.65. The molecule has 1 aromatic heterocycles. The zero-order valence-electron chi connectivity index (χ0n) is 26.2. The van der Waals surface area contributed by atoms with E-state index in [1.165, 1.54) is 11.3 Å². The molecule has 6 rings (SSSR count). The van der Waals surface area contributed by atoms with Crippen LogP contribution < -0.4 is 29.1 Å². The Morgan fingerprint density at radius 3 is 2.46 bits per heavy atom. The maximum atomic E-state index is 14.3.